The smallest absolute Gasteiger partial charge is 0.370 e. The third-order valence-electron chi connectivity index (χ3n) is 7.96. The lowest BCUT2D eigenvalue weighted by atomic mass is 9.69. The number of rotatable bonds is 9. The van der Waals surface area contributed by atoms with Gasteiger partial charge in [-0.1, -0.05) is 71.0 Å². The highest BCUT2D eigenvalue weighted by Crippen LogP contribution is 2.42. The Morgan fingerprint density at radius 2 is 1.63 bits per heavy atom. The summed E-state index contributed by atoms with van der Waals surface area (Å²) in [5.41, 5.74) is 7.14. The van der Waals surface area contributed by atoms with E-state index in [4.69, 9.17) is 4.74 Å². The number of ether oxygens (including phenoxy) is 1. The summed E-state index contributed by atoms with van der Waals surface area (Å²) >= 11 is 0. The van der Waals surface area contributed by atoms with E-state index in [-0.39, 0.29) is 28.8 Å². The molecule has 4 heteroatoms. The van der Waals surface area contributed by atoms with E-state index in [1.807, 2.05) is 0 Å². The van der Waals surface area contributed by atoms with Crippen LogP contribution >= 0.6 is 0 Å². The molecule has 0 saturated carbocycles. The third kappa shape index (κ3) is 5.64. The standard InChI is InChI=1S/C31H42O4/c1-8-31(9-2,23-12-10-22(20(3)18-23)11-17-28(32)30(5,6)7)24-13-14-25(21(4)19-24)26-15-16-27(35-26)29(33)34/h10,12-14,16,18-19,26,28,32H,8-9,11,15,17H2,1-7H3,(H,33,34). The van der Waals surface area contributed by atoms with Gasteiger partial charge in [-0.2, -0.15) is 0 Å². The first-order valence-electron chi connectivity index (χ1n) is 12.9. The molecule has 190 valence electrons. The first-order chi connectivity index (χ1) is 16.4. The van der Waals surface area contributed by atoms with E-state index in [0.29, 0.717) is 6.42 Å². The summed E-state index contributed by atoms with van der Waals surface area (Å²) in [5, 5.41) is 19.7. The van der Waals surface area contributed by atoms with Gasteiger partial charge in [0.25, 0.3) is 0 Å². The fourth-order valence-corrected chi connectivity index (χ4v) is 5.36. The van der Waals surface area contributed by atoms with E-state index in [1.165, 1.54) is 22.3 Å². The SMILES string of the molecule is CCC(CC)(c1ccc(CCC(O)C(C)(C)C)c(C)c1)c1ccc(C2CC=C(C(=O)O)O2)c(C)c1. The van der Waals surface area contributed by atoms with Gasteiger partial charge in [-0.25, -0.2) is 4.79 Å². The van der Waals surface area contributed by atoms with Crippen LogP contribution in [-0.2, 0) is 21.4 Å². The minimum atomic E-state index is -1.01. The number of hydrogen-bond acceptors (Lipinski definition) is 3. The van der Waals surface area contributed by atoms with Crippen LogP contribution in [0.4, 0.5) is 0 Å². The Bertz CT molecular complexity index is 1090. The van der Waals surface area contributed by atoms with Crippen LogP contribution in [0.15, 0.2) is 48.2 Å². The molecule has 35 heavy (non-hydrogen) atoms. The number of hydrogen-bond donors (Lipinski definition) is 2. The fourth-order valence-electron chi connectivity index (χ4n) is 5.36. The second-order valence-electron chi connectivity index (χ2n) is 11.1. The summed E-state index contributed by atoms with van der Waals surface area (Å²) in [6.07, 6.45) is 5.28. The zero-order valence-corrected chi connectivity index (χ0v) is 22.4. The van der Waals surface area contributed by atoms with Gasteiger partial charge in [-0.15, -0.1) is 0 Å². The summed E-state index contributed by atoms with van der Waals surface area (Å²) in [4.78, 5) is 11.2. The molecule has 2 N–H and O–H groups in total. The second-order valence-corrected chi connectivity index (χ2v) is 11.1. The second kappa shape index (κ2) is 10.6. The topological polar surface area (TPSA) is 66.8 Å². The minimum absolute atomic E-state index is 0.0422. The van der Waals surface area contributed by atoms with Gasteiger partial charge in [0, 0.05) is 11.8 Å². The summed E-state index contributed by atoms with van der Waals surface area (Å²) in [7, 11) is 0. The maximum Gasteiger partial charge on any atom is 0.370 e. The minimum Gasteiger partial charge on any atom is -0.478 e. The molecule has 1 heterocycles. The average molecular weight is 479 g/mol. The lowest BCUT2D eigenvalue weighted by molar-refractivity contribution is -0.137. The van der Waals surface area contributed by atoms with Gasteiger partial charge in [0.05, 0.1) is 6.10 Å². The van der Waals surface area contributed by atoms with Crippen LogP contribution < -0.4 is 0 Å². The molecule has 2 aromatic carbocycles. The number of carboxylic acid groups (broad SMARTS) is 1. The monoisotopic (exact) mass is 478 g/mol. The Labute approximate surface area is 211 Å². The highest BCUT2D eigenvalue weighted by Gasteiger charge is 2.33. The number of benzene rings is 2. The predicted molar refractivity (Wildman–Crippen MR) is 142 cm³/mol. The molecule has 0 aromatic heterocycles. The van der Waals surface area contributed by atoms with Gasteiger partial charge >= 0.3 is 5.97 Å². The normalized spacial score (nSPS) is 17.1. The van der Waals surface area contributed by atoms with Crippen LogP contribution in [-0.4, -0.2) is 22.3 Å². The molecule has 0 aliphatic carbocycles. The quantitative estimate of drug-likeness (QED) is 0.401. The molecular weight excluding hydrogens is 436 g/mol. The molecule has 0 saturated heterocycles. The van der Waals surface area contributed by atoms with Crippen molar-refractivity contribution in [1.82, 2.24) is 0 Å². The summed E-state index contributed by atoms with van der Waals surface area (Å²) in [5.74, 6) is -0.968. The molecule has 0 spiro atoms. The molecule has 0 fully saturated rings. The third-order valence-corrected chi connectivity index (χ3v) is 7.96. The molecule has 0 radical (unpaired) electrons. The van der Waals surface area contributed by atoms with Gasteiger partial charge in [0.2, 0.25) is 5.76 Å². The van der Waals surface area contributed by atoms with E-state index in [2.05, 4.69) is 84.9 Å². The molecule has 1 aliphatic rings. The van der Waals surface area contributed by atoms with Crippen molar-refractivity contribution < 1.29 is 19.7 Å². The number of carbonyl (C=O) groups is 1. The van der Waals surface area contributed by atoms with Crippen LogP contribution in [0, 0.1) is 19.3 Å². The van der Waals surface area contributed by atoms with Gasteiger partial charge in [-0.3, -0.25) is 0 Å². The fraction of sp³-hybridized carbons (Fsp3) is 0.516. The molecule has 0 amide bonds. The van der Waals surface area contributed by atoms with Crippen molar-refractivity contribution in [2.75, 3.05) is 0 Å². The van der Waals surface area contributed by atoms with Crippen LogP contribution in [0.5, 0.6) is 0 Å². The maximum atomic E-state index is 11.2. The molecule has 3 rings (SSSR count). The van der Waals surface area contributed by atoms with Gasteiger partial charge in [0.15, 0.2) is 0 Å². The molecule has 4 nitrogen and oxygen atoms in total. The molecular formula is C31H42O4. The van der Waals surface area contributed by atoms with E-state index in [9.17, 15) is 15.0 Å². The number of aliphatic hydroxyl groups is 1. The lowest BCUT2D eigenvalue weighted by Crippen LogP contribution is -2.27. The number of aryl methyl sites for hydroxylation is 3. The molecule has 2 aromatic rings. The largest absolute Gasteiger partial charge is 0.478 e. The van der Waals surface area contributed by atoms with Crippen molar-refractivity contribution in [1.29, 1.82) is 0 Å². The Kier molecular flexibility index (Phi) is 8.16. The van der Waals surface area contributed by atoms with Crippen LogP contribution in [0.2, 0.25) is 0 Å². The van der Waals surface area contributed by atoms with Gasteiger partial charge < -0.3 is 14.9 Å². The Balaban J connectivity index is 1.87. The van der Waals surface area contributed by atoms with Crippen molar-refractivity contribution in [3.05, 3.63) is 81.6 Å². The van der Waals surface area contributed by atoms with Gasteiger partial charge in [-0.05, 0) is 84.4 Å². The highest BCUT2D eigenvalue weighted by molar-refractivity contribution is 5.84. The highest BCUT2D eigenvalue weighted by atomic mass is 16.5. The van der Waals surface area contributed by atoms with Crippen LogP contribution in [0.25, 0.3) is 0 Å². The Morgan fingerprint density at radius 1 is 1.03 bits per heavy atom. The maximum absolute atomic E-state index is 11.2. The number of aliphatic carboxylic acids is 1. The summed E-state index contributed by atoms with van der Waals surface area (Å²) in [6, 6.07) is 13.4. The first-order valence-corrected chi connectivity index (χ1v) is 12.9. The molecule has 2 atom stereocenters. The Morgan fingerprint density at radius 3 is 2.11 bits per heavy atom. The summed E-state index contributed by atoms with van der Waals surface area (Å²) in [6.45, 7) is 15.0. The van der Waals surface area contributed by atoms with E-state index in [0.717, 1.165) is 36.8 Å². The van der Waals surface area contributed by atoms with Crippen molar-refractivity contribution in [2.45, 2.75) is 98.2 Å². The van der Waals surface area contributed by atoms with Crippen LogP contribution in [0.1, 0.15) is 99.8 Å². The first kappa shape index (κ1) is 27.0. The van der Waals surface area contributed by atoms with Gasteiger partial charge in [0.1, 0.15) is 6.10 Å². The molecule has 0 bridgehead atoms. The van der Waals surface area contributed by atoms with E-state index >= 15 is 0 Å². The zero-order valence-electron chi connectivity index (χ0n) is 22.4. The number of carboxylic acids is 1. The molecule has 2 unspecified atom stereocenters. The van der Waals surface area contributed by atoms with E-state index in [1.54, 1.807) is 6.08 Å². The Hall–Kier alpha value is -2.59. The van der Waals surface area contributed by atoms with Crippen molar-refractivity contribution in [3.8, 4) is 0 Å². The lowest BCUT2D eigenvalue weighted by Gasteiger charge is -2.34. The number of aliphatic hydroxyl groups excluding tert-OH is 1. The van der Waals surface area contributed by atoms with Crippen molar-refractivity contribution in [3.63, 3.8) is 0 Å². The van der Waals surface area contributed by atoms with E-state index < -0.39 is 5.97 Å². The average Bonchev–Trinajstić information content (AvgIpc) is 3.29. The molecule has 1 aliphatic heterocycles. The van der Waals surface area contributed by atoms with Crippen molar-refractivity contribution >= 4 is 5.97 Å². The van der Waals surface area contributed by atoms with Crippen molar-refractivity contribution in [2.24, 2.45) is 5.41 Å². The predicted octanol–water partition coefficient (Wildman–Crippen LogP) is 7.18. The van der Waals surface area contributed by atoms with Crippen LogP contribution in [0.3, 0.4) is 0 Å². The zero-order chi connectivity index (χ0) is 26.0. The summed E-state index contributed by atoms with van der Waals surface area (Å²) < 4.78 is 5.69.